The van der Waals surface area contributed by atoms with Gasteiger partial charge in [-0.2, -0.15) is 0 Å². The highest BCUT2D eigenvalue weighted by Crippen LogP contribution is 2.12. The van der Waals surface area contributed by atoms with E-state index < -0.39 is 0 Å². The Morgan fingerprint density at radius 2 is 1.90 bits per heavy atom. The SMILES string of the molecule is O=C1CN(C(=O)CCC(=O)c2ccc(Cl)cc2)CCN1. The van der Waals surface area contributed by atoms with Gasteiger partial charge in [0, 0.05) is 36.5 Å². The van der Waals surface area contributed by atoms with Crippen LogP contribution in [-0.2, 0) is 9.59 Å². The minimum Gasteiger partial charge on any atom is -0.353 e. The van der Waals surface area contributed by atoms with Gasteiger partial charge in [0.05, 0.1) is 6.54 Å². The lowest BCUT2D eigenvalue weighted by Crippen LogP contribution is -2.50. The van der Waals surface area contributed by atoms with Crippen molar-refractivity contribution in [2.75, 3.05) is 19.6 Å². The molecule has 2 rings (SSSR count). The molecule has 106 valence electrons. The number of ketones is 1. The number of hydrogen-bond acceptors (Lipinski definition) is 3. The first-order valence-electron chi connectivity index (χ1n) is 6.39. The van der Waals surface area contributed by atoms with Gasteiger partial charge in [0.2, 0.25) is 11.8 Å². The number of carbonyl (C=O) groups excluding carboxylic acids is 3. The fourth-order valence-corrected chi connectivity index (χ4v) is 2.14. The molecular weight excluding hydrogens is 280 g/mol. The van der Waals surface area contributed by atoms with Crippen LogP contribution in [0.3, 0.4) is 0 Å². The molecule has 0 spiro atoms. The molecule has 1 aliphatic heterocycles. The number of rotatable bonds is 4. The summed E-state index contributed by atoms with van der Waals surface area (Å²) in [5, 5.41) is 3.22. The third-order valence-electron chi connectivity index (χ3n) is 3.12. The van der Waals surface area contributed by atoms with E-state index in [4.69, 9.17) is 11.6 Å². The van der Waals surface area contributed by atoms with Crippen molar-refractivity contribution in [3.05, 3.63) is 34.9 Å². The van der Waals surface area contributed by atoms with Crippen molar-refractivity contribution < 1.29 is 14.4 Å². The molecule has 1 aliphatic rings. The Hall–Kier alpha value is -1.88. The van der Waals surface area contributed by atoms with Crippen LogP contribution in [0.4, 0.5) is 0 Å². The molecule has 1 heterocycles. The second kappa shape index (κ2) is 6.52. The lowest BCUT2D eigenvalue weighted by molar-refractivity contribution is -0.138. The summed E-state index contributed by atoms with van der Waals surface area (Å²) in [5.41, 5.74) is 0.540. The summed E-state index contributed by atoms with van der Waals surface area (Å²) in [5.74, 6) is -0.424. The summed E-state index contributed by atoms with van der Waals surface area (Å²) >= 11 is 5.75. The summed E-state index contributed by atoms with van der Waals surface area (Å²) in [6, 6.07) is 6.57. The highest BCUT2D eigenvalue weighted by molar-refractivity contribution is 6.30. The summed E-state index contributed by atoms with van der Waals surface area (Å²) in [6.45, 7) is 1.05. The quantitative estimate of drug-likeness (QED) is 0.850. The third kappa shape index (κ3) is 3.81. The van der Waals surface area contributed by atoms with Crippen molar-refractivity contribution in [1.82, 2.24) is 10.2 Å². The van der Waals surface area contributed by atoms with Crippen LogP contribution in [0.25, 0.3) is 0 Å². The maximum absolute atomic E-state index is 11.9. The van der Waals surface area contributed by atoms with E-state index in [1.165, 1.54) is 4.90 Å². The van der Waals surface area contributed by atoms with Crippen molar-refractivity contribution in [3.8, 4) is 0 Å². The van der Waals surface area contributed by atoms with Crippen LogP contribution in [0.15, 0.2) is 24.3 Å². The minimum atomic E-state index is -0.165. The van der Waals surface area contributed by atoms with Crippen LogP contribution >= 0.6 is 11.6 Å². The van der Waals surface area contributed by atoms with Crippen molar-refractivity contribution in [3.63, 3.8) is 0 Å². The number of carbonyl (C=O) groups is 3. The van der Waals surface area contributed by atoms with E-state index in [0.717, 1.165) is 0 Å². The van der Waals surface area contributed by atoms with Gasteiger partial charge in [0.25, 0.3) is 0 Å². The third-order valence-corrected chi connectivity index (χ3v) is 3.38. The zero-order valence-electron chi connectivity index (χ0n) is 10.9. The Kier molecular flexibility index (Phi) is 4.74. The Morgan fingerprint density at radius 3 is 2.55 bits per heavy atom. The standard InChI is InChI=1S/C14H15ClN2O3/c15-11-3-1-10(2-4-11)12(18)5-6-14(20)17-8-7-16-13(19)9-17/h1-4H,5-9H2,(H,16,19). The molecule has 6 heteroatoms. The van der Waals surface area contributed by atoms with Gasteiger partial charge in [-0.3, -0.25) is 14.4 Å². The number of nitrogens with one attached hydrogen (secondary N) is 1. The summed E-state index contributed by atoms with van der Waals surface area (Å²) in [7, 11) is 0. The van der Waals surface area contributed by atoms with Gasteiger partial charge in [-0.15, -0.1) is 0 Å². The average Bonchev–Trinajstić information content (AvgIpc) is 2.45. The van der Waals surface area contributed by atoms with Crippen molar-refractivity contribution >= 4 is 29.2 Å². The molecule has 0 aliphatic carbocycles. The van der Waals surface area contributed by atoms with Crippen LogP contribution in [-0.4, -0.2) is 42.1 Å². The second-order valence-corrected chi connectivity index (χ2v) is 5.03. The fraction of sp³-hybridized carbons (Fsp3) is 0.357. The predicted molar refractivity (Wildman–Crippen MR) is 74.6 cm³/mol. The Labute approximate surface area is 121 Å². The van der Waals surface area contributed by atoms with Crippen LogP contribution < -0.4 is 5.32 Å². The van der Waals surface area contributed by atoms with Gasteiger partial charge < -0.3 is 10.2 Å². The number of nitrogens with zero attached hydrogens (tertiary/aromatic N) is 1. The first-order chi connectivity index (χ1) is 9.56. The number of hydrogen-bond donors (Lipinski definition) is 1. The van der Waals surface area contributed by atoms with Crippen LogP contribution in [0.1, 0.15) is 23.2 Å². The second-order valence-electron chi connectivity index (χ2n) is 4.60. The maximum Gasteiger partial charge on any atom is 0.239 e. The number of Topliss-reactive ketones (excluding diaryl/α,β-unsaturated/α-hetero) is 1. The van der Waals surface area contributed by atoms with Crippen LogP contribution in [0.2, 0.25) is 5.02 Å². The van der Waals surface area contributed by atoms with E-state index in [9.17, 15) is 14.4 Å². The number of halogens is 1. The van der Waals surface area contributed by atoms with Crippen molar-refractivity contribution in [2.24, 2.45) is 0 Å². The summed E-state index contributed by atoms with van der Waals surface area (Å²) in [6.07, 6.45) is 0.257. The van der Waals surface area contributed by atoms with Gasteiger partial charge >= 0.3 is 0 Å². The molecular formula is C14H15ClN2O3. The van der Waals surface area contributed by atoms with Crippen LogP contribution in [0.5, 0.6) is 0 Å². The molecule has 1 aromatic carbocycles. The molecule has 1 saturated heterocycles. The average molecular weight is 295 g/mol. The van der Waals surface area contributed by atoms with E-state index in [-0.39, 0.29) is 37.0 Å². The van der Waals surface area contributed by atoms with Crippen LogP contribution in [0, 0.1) is 0 Å². The molecule has 0 unspecified atom stereocenters. The molecule has 0 atom stereocenters. The number of piperazine rings is 1. The van der Waals surface area contributed by atoms with Crippen molar-refractivity contribution in [2.45, 2.75) is 12.8 Å². The molecule has 20 heavy (non-hydrogen) atoms. The van der Waals surface area contributed by atoms with E-state index in [1.807, 2.05) is 0 Å². The molecule has 1 N–H and O–H groups in total. The highest BCUT2D eigenvalue weighted by Gasteiger charge is 2.21. The minimum absolute atomic E-state index is 0.0773. The topological polar surface area (TPSA) is 66.5 Å². The molecule has 0 aromatic heterocycles. The largest absolute Gasteiger partial charge is 0.353 e. The zero-order valence-corrected chi connectivity index (χ0v) is 11.7. The highest BCUT2D eigenvalue weighted by atomic mass is 35.5. The summed E-state index contributed by atoms with van der Waals surface area (Å²) in [4.78, 5) is 36.5. The molecule has 1 fully saturated rings. The molecule has 2 amide bonds. The molecule has 1 aromatic rings. The molecule has 0 radical (unpaired) electrons. The monoisotopic (exact) mass is 294 g/mol. The molecule has 0 bridgehead atoms. The van der Waals surface area contributed by atoms with Gasteiger partial charge in [-0.25, -0.2) is 0 Å². The van der Waals surface area contributed by atoms with Gasteiger partial charge in [0.1, 0.15) is 0 Å². The molecule has 5 nitrogen and oxygen atoms in total. The fourth-order valence-electron chi connectivity index (χ4n) is 2.01. The summed E-state index contributed by atoms with van der Waals surface area (Å²) < 4.78 is 0. The van der Waals surface area contributed by atoms with E-state index in [1.54, 1.807) is 24.3 Å². The maximum atomic E-state index is 11.9. The van der Waals surface area contributed by atoms with E-state index in [0.29, 0.717) is 23.7 Å². The molecule has 0 saturated carbocycles. The zero-order chi connectivity index (χ0) is 14.5. The normalized spacial score (nSPS) is 14.8. The van der Waals surface area contributed by atoms with Crippen molar-refractivity contribution in [1.29, 1.82) is 0 Å². The lowest BCUT2D eigenvalue weighted by Gasteiger charge is -2.26. The van der Waals surface area contributed by atoms with E-state index >= 15 is 0 Å². The lowest BCUT2D eigenvalue weighted by atomic mass is 10.1. The number of amides is 2. The Balaban J connectivity index is 1.85. The van der Waals surface area contributed by atoms with E-state index in [2.05, 4.69) is 5.32 Å². The Bertz CT molecular complexity index is 528. The van der Waals surface area contributed by atoms with Gasteiger partial charge in [0.15, 0.2) is 5.78 Å². The smallest absolute Gasteiger partial charge is 0.239 e. The first kappa shape index (κ1) is 14.5. The number of benzene rings is 1. The van der Waals surface area contributed by atoms with Gasteiger partial charge in [-0.05, 0) is 24.3 Å². The Morgan fingerprint density at radius 1 is 1.20 bits per heavy atom. The first-order valence-corrected chi connectivity index (χ1v) is 6.77. The van der Waals surface area contributed by atoms with Gasteiger partial charge in [-0.1, -0.05) is 11.6 Å². The predicted octanol–water partition coefficient (Wildman–Crippen LogP) is 1.26.